The number of carbonyl (C=O) groups excluding carboxylic acids is 1. The number of fused-ring (bicyclic) bond motifs is 1. The molecular weight excluding hydrogens is 264 g/mol. The van der Waals surface area contributed by atoms with Crippen LogP contribution in [-0.4, -0.2) is 42.2 Å². The van der Waals surface area contributed by atoms with Crippen molar-refractivity contribution in [1.82, 2.24) is 4.90 Å². The lowest BCUT2D eigenvalue weighted by atomic mass is 9.93. The summed E-state index contributed by atoms with van der Waals surface area (Å²) in [5.74, 6) is 1.04. The molecule has 1 aromatic carbocycles. The van der Waals surface area contributed by atoms with E-state index in [-0.39, 0.29) is 12.5 Å². The number of para-hydroxylation sites is 1. The monoisotopic (exact) mass is 288 g/mol. The second-order valence-corrected chi connectivity index (χ2v) is 6.23. The Labute approximate surface area is 126 Å². The van der Waals surface area contributed by atoms with E-state index in [2.05, 4.69) is 17.4 Å². The minimum atomic E-state index is 0.229. The molecule has 0 radical (unpaired) electrons. The first-order valence-electron chi connectivity index (χ1n) is 7.99. The number of piperidine rings is 1. The van der Waals surface area contributed by atoms with Gasteiger partial charge in [-0.25, -0.2) is 0 Å². The zero-order valence-corrected chi connectivity index (χ0v) is 12.4. The largest absolute Gasteiger partial charge is 0.396 e. The summed E-state index contributed by atoms with van der Waals surface area (Å²) in [5, 5.41) is 12.5. The number of anilines is 1. The van der Waals surface area contributed by atoms with Crippen LogP contribution >= 0.6 is 0 Å². The highest BCUT2D eigenvalue weighted by atomic mass is 16.3. The first kappa shape index (κ1) is 14.4. The Morgan fingerprint density at radius 1 is 1.38 bits per heavy atom. The van der Waals surface area contributed by atoms with Gasteiger partial charge >= 0.3 is 0 Å². The van der Waals surface area contributed by atoms with Gasteiger partial charge in [-0.2, -0.15) is 0 Å². The summed E-state index contributed by atoms with van der Waals surface area (Å²) in [6.07, 6.45) is 3.61. The summed E-state index contributed by atoms with van der Waals surface area (Å²) in [6, 6.07) is 8.28. The van der Waals surface area contributed by atoms with E-state index in [1.807, 2.05) is 17.0 Å². The molecule has 2 atom stereocenters. The van der Waals surface area contributed by atoms with Gasteiger partial charge in [0.15, 0.2) is 0 Å². The average Bonchev–Trinajstić information content (AvgIpc) is 2.91. The molecule has 0 bridgehead atoms. The Bertz CT molecular complexity index is 501. The summed E-state index contributed by atoms with van der Waals surface area (Å²) >= 11 is 0. The number of likely N-dealkylation sites (tertiary alicyclic amines) is 1. The van der Waals surface area contributed by atoms with Crippen molar-refractivity contribution >= 4 is 11.6 Å². The molecule has 4 nitrogen and oxygen atoms in total. The van der Waals surface area contributed by atoms with Crippen LogP contribution in [0.4, 0.5) is 5.69 Å². The van der Waals surface area contributed by atoms with Gasteiger partial charge in [0.2, 0.25) is 5.91 Å². The van der Waals surface area contributed by atoms with Crippen LogP contribution in [0.3, 0.4) is 0 Å². The SMILES string of the molecule is O=C(CC1CNc2ccccc21)N1CCCC(CCO)C1. The molecule has 114 valence electrons. The smallest absolute Gasteiger partial charge is 0.223 e. The number of amides is 1. The van der Waals surface area contributed by atoms with Crippen LogP contribution in [-0.2, 0) is 4.79 Å². The standard InChI is InChI=1S/C17H24N2O2/c20-9-7-13-4-3-8-19(12-13)17(21)10-14-11-18-16-6-2-1-5-15(14)16/h1-2,5-6,13-14,18,20H,3-4,7-12H2. The Kier molecular flexibility index (Phi) is 4.44. The number of hydrogen-bond acceptors (Lipinski definition) is 3. The molecule has 2 unspecified atom stereocenters. The van der Waals surface area contributed by atoms with Gasteiger partial charge in [-0.1, -0.05) is 18.2 Å². The van der Waals surface area contributed by atoms with Crippen molar-refractivity contribution in [2.75, 3.05) is 31.6 Å². The lowest BCUT2D eigenvalue weighted by molar-refractivity contribution is -0.133. The van der Waals surface area contributed by atoms with Gasteiger partial charge in [-0.05, 0) is 36.8 Å². The number of nitrogens with one attached hydrogen (secondary N) is 1. The summed E-state index contributed by atoms with van der Waals surface area (Å²) in [4.78, 5) is 14.6. The maximum atomic E-state index is 12.5. The van der Waals surface area contributed by atoms with E-state index in [1.165, 1.54) is 11.3 Å². The van der Waals surface area contributed by atoms with E-state index < -0.39 is 0 Å². The Morgan fingerprint density at radius 3 is 3.10 bits per heavy atom. The molecule has 1 aromatic rings. The first-order chi connectivity index (χ1) is 10.3. The van der Waals surface area contributed by atoms with Gasteiger partial charge in [-0.15, -0.1) is 0 Å². The molecule has 1 saturated heterocycles. The van der Waals surface area contributed by atoms with E-state index in [4.69, 9.17) is 5.11 Å². The predicted molar refractivity (Wildman–Crippen MR) is 83.3 cm³/mol. The third-order valence-corrected chi connectivity index (χ3v) is 4.77. The summed E-state index contributed by atoms with van der Waals surface area (Å²) in [7, 11) is 0. The maximum Gasteiger partial charge on any atom is 0.223 e. The number of benzene rings is 1. The predicted octanol–water partition coefficient (Wildman–Crippen LogP) is 2.21. The number of carbonyl (C=O) groups is 1. The molecule has 1 amide bonds. The summed E-state index contributed by atoms with van der Waals surface area (Å²) < 4.78 is 0. The van der Waals surface area contributed by atoms with Crippen LogP contribution < -0.4 is 5.32 Å². The van der Waals surface area contributed by atoms with Crippen LogP contribution in [0.25, 0.3) is 0 Å². The van der Waals surface area contributed by atoms with Gasteiger partial charge in [0.25, 0.3) is 0 Å². The van der Waals surface area contributed by atoms with Crippen LogP contribution in [0, 0.1) is 5.92 Å². The normalized spacial score (nSPS) is 24.5. The molecule has 3 rings (SSSR count). The fourth-order valence-corrected chi connectivity index (χ4v) is 3.59. The van der Waals surface area contributed by atoms with Crippen molar-refractivity contribution in [3.8, 4) is 0 Å². The van der Waals surface area contributed by atoms with Crippen molar-refractivity contribution in [3.63, 3.8) is 0 Å². The van der Waals surface area contributed by atoms with E-state index >= 15 is 0 Å². The molecule has 2 aliphatic heterocycles. The van der Waals surface area contributed by atoms with Crippen molar-refractivity contribution in [2.45, 2.75) is 31.6 Å². The molecule has 1 fully saturated rings. The van der Waals surface area contributed by atoms with E-state index in [0.29, 0.717) is 18.3 Å². The minimum Gasteiger partial charge on any atom is -0.396 e. The second-order valence-electron chi connectivity index (χ2n) is 6.23. The van der Waals surface area contributed by atoms with Crippen molar-refractivity contribution in [2.24, 2.45) is 5.92 Å². The molecule has 2 heterocycles. The quantitative estimate of drug-likeness (QED) is 0.893. The molecular formula is C17H24N2O2. The zero-order valence-electron chi connectivity index (χ0n) is 12.4. The van der Waals surface area contributed by atoms with Gasteiger partial charge in [0.1, 0.15) is 0 Å². The van der Waals surface area contributed by atoms with Crippen LogP contribution in [0.5, 0.6) is 0 Å². The highest BCUT2D eigenvalue weighted by Crippen LogP contribution is 2.34. The third kappa shape index (κ3) is 3.21. The highest BCUT2D eigenvalue weighted by Gasteiger charge is 2.28. The molecule has 2 aliphatic rings. The van der Waals surface area contributed by atoms with E-state index in [0.717, 1.165) is 38.9 Å². The second kappa shape index (κ2) is 6.48. The van der Waals surface area contributed by atoms with Crippen LogP contribution in [0.15, 0.2) is 24.3 Å². The Balaban J connectivity index is 1.59. The number of rotatable bonds is 4. The summed E-state index contributed by atoms with van der Waals surface area (Å²) in [6.45, 7) is 2.79. The van der Waals surface area contributed by atoms with Crippen LogP contribution in [0.2, 0.25) is 0 Å². The average molecular weight is 288 g/mol. The van der Waals surface area contributed by atoms with E-state index in [9.17, 15) is 4.79 Å². The highest BCUT2D eigenvalue weighted by molar-refractivity contribution is 5.78. The number of aliphatic hydroxyl groups is 1. The topological polar surface area (TPSA) is 52.6 Å². The molecule has 0 spiro atoms. The van der Waals surface area contributed by atoms with E-state index in [1.54, 1.807) is 0 Å². The summed E-state index contributed by atoms with van der Waals surface area (Å²) in [5.41, 5.74) is 2.45. The lowest BCUT2D eigenvalue weighted by Gasteiger charge is -2.33. The number of nitrogens with zero attached hydrogens (tertiary/aromatic N) is 1. The van der Waals surface area contributed by atoms with Gasteiger partial charge < -0.3 is 15.3 Å². The third-order valence-electron chi connectivity index (χ3n) is 4.77. The molecule has 0 aliphatic carbocycles. The lowest BCUT2D eigenvalue weighted by Crippen LogP contribution is -2.40. The Hall–Kier alpha value is -1.55. The molecule has 21 heavy (non-hydrogen) atoms. The maximum absolute atomic E-state index is 12.5. The van der Waals surface area contributed by atoms with Gasteiger partial charge in [0, 0.05) is 44.3 Å². The number of aliphatic hydroxyl groups excluding tert-OH is 1. The van der Waals surface area contributed by atoms with Crippen molar-refractivity contribution in [3.05, 3.63) is 29.8 Å². The number of hydrogen-bond donors (Lipinski definition) is 2. The molecule has 0 saturated carbocycles. The van der Waals surface area contributed by atoms with Gasteiger partial charge in [-0.3, -0.25) is 4.79 Å². The minimum absolute atomic E-state index is 0.229. The molecule has 2 N–H and O–H groups in total. The fraction of sp³-hybridized carbons (Fsp3) is 0.588. The first-order valence-corrected chi connectivity index (χ1v) is 7.99. The molecule has 4 heteroatoms. The van der Waals surface area contributed by atoms with Crippen molar-refractivity contribution in [1.29, 1.82) is 0 Å². The Morgan fingerprint density at radius 2 is 2.24 bits per heavy atom. The molecule has 0 aromatic heterocycles. The van der Waals surface area contributed by atoms with Crippen LogP contribution in [0.1, 0.15) is 37.2 Å². The van der Waals surface area contributed by atoms with Crippen molar-refractivity contribution < 1.29 is 9.90 Å². The fourth-order valence-electron chi connectivity index (χ4n) is 3.59. The zero-order chi connectivity index (χ0) is 14.7. The van der Waals surface area contributed by atoms with Gasteiger partial charge in [0.05, 0.1) is 0 Å².